The Balaban J connectivity index is 1.15. The number of carboxylic acids is 1. The van der Waals surface area contributed by atoms with E-state index in [1.165, 1.54) is 22.3 Å². The number of benzene rings is 3. The van der Waals surface area contributed by atoms with E-state index in [9.17, 15) is 19.5 Å². The number of carboxylic acid groups (broad SMARTS) is 1. The van der Waals surface area contributed by atoms with Crippen LogP contribution in [0.25, 0.3) is 33.6 Å². The van der Waals surface area contributed by atoms with Gasteiger partial charge >= 0.3 is 5.97 Å². The van der Waals surface area contributed by atoms with Crippen LogP contribution in [0.3, 0.4) is 0 Å². The number of Topliss-reactive ketones (excluding diaryl/α,β-unsaturated/α-hetero) is 1. The van der Waals surface area contributed by atoms with Gasteiger partial charge in [-0.25, -0.2) is 14.4 Å². The number of carbonyl (C=O) groups excluding carboxylic acids is 2. The predicted octanol–water partition coefficient (Wildman–Crippen LogP) is 7.96. The molecular weight excluding hydrogens is 654 g/mol. The Hall–Kier alpha value is -5.22. The summed E-state index contributed by atoms with van der Waals surface area (Å²) in [5, 5.41) is 9.32. The molecule has 1 atom stereocenters. The van der Waals surface area contributed by atoms with Gasteiger partial charge in [-0.3, -0.25) is 14.4 Å². The number of methoxy groups -OCH3 is 1. The molecule has 1 aliphatic rings. The van der Waals surface area contributed by atoms with Crippen LogP contribution in [0.1, 0.15) is 47.3 Å². The number of ether oxygens (including phenoxy) is 1. The maximum absolute atomic E-state index is 15.2. The summed E-state index contributed by atoms with van der Waals surface area (Å²) in [6.07, 6.45) is 3.54. The van der Waals surface area contributed by atoms with Crippen molar-refractivity contribution in [1.82, 2.24) is 14.9 Å². The Morgan fingerprint density at radius 1 is 0.900 bits per heavy atom. The Kier molecular flexibility index (Phi) is 9.93. The number of hydrogen-bond acceptors (Lipinski definition) is 7. The molecule has 0 saturated carbocycles. The van der Waals surface area contributed by atoms with Crippen molar-refractivity contribution in [3.8, 4) is 39.4 Å². The standard InChI is InChI=1S/C40H38FN3O5S/c1-40(2,3)36-16-15-35(50-36)34(45)19-28(38(46)44-22-30(23-44)39(47)48)17-24-5-7-26(8-6-24)37-42-20-29(21-43-37)32-14-11-27(18-33(32)41)25-9-12-31(49-4)13-10-25/h5-16,18,20-21,28,30H,17,19,22-23H2,1-4H3,(H,47,48)/t28-/m1/s1. The van der Waals surface area contributed by atoms with Gasteiger partial charge in [0.15, 0.2) is 11.6 Å². The monoisotopic (exact) mass is 691 g/mol. The van der Waals surface area contributed by atoms with Crippen molar-refractivity contribution in [3.05, 3.63) is 112 Å². The number of thiophene rings is 1. The largest absolute Gasteiger partial charge is 0.497 e. The maximum Gasteiger partial charge on any atom is 0.310 e. The van der Waals surface area contributed by atoms with E-state index in [1.807, 2.05) is 66.7 Å². The number of halogens is 1. The fourth-order valence-electron chi connectivity index (χ4n) is 5.94. The molecule has 1 amide bonds. The average molecular weight is 692 g/mol. The number of hydrogen-bond donors (Lipinski definition) is 1. The van der Waals surface area contributed by atoms with Crippen molar-refractivity contribution >= 4 is 29.0 Å². The van der Waals surface area contributed by atoms with E-state index in [4.69, 9.17) is 4.74 Å². The van der Waals surface area contributed by atoms with Crippen molar-refractivity contribution in [2.45, 2.75) is 39.0 Å². The van der Waals surface area contributed by atoms with Gasteiger partial charge in [0.2, 0.25) is 5.91 Å². The predicted molar refractivity (Wildman–Crippen MR) is 192 cm³/mol. The van der Waals surface area contributed by atoms with E-state index < -0.39 is 17.8 Å². The first kappa shape index (κ1) is 34.6. The molecule has 8 nitrogen and oxygen atoms in total. The number of likely N-dealkylation sites (tertiary alicyclic amines) is 1. The third kappa shape index (κ3) is 7.65. The minimum Gasteiger partial charge on any atom is -0.497 e. The van der Waals surface area contributed by atoms with Crippen molar-refractivity contribution < 1.29 is 28.6 Å². The lowest BCUT2D eigenvalue weighted by atomic mass is 9.89. The molecule has 0 radical (unpaired) electrons. The number of aliphatic carboxylic acids is 1. The highest BCUT2D eigenvalue weighted by Crippen LogP contribution is 2.33. The van der Waals surface area contributed by atoms with Crippen LogP contribution in [0, 0.1) is 17.7 Å². The van der Waals surface area contributed by atoms with Gasteiger partial charge < -0.3 is 14.7 Å². The number of amides is 1. The molecular formula is C40H38FN3O5S. The Morgan fingerprint density at radius 2 is 1.54 bits per heavy atom. The molecule has 5 aromatic rings. The van der Waals surface area contributed by atoms with E-state index in [2.05, 4.69) is 30.7 Å². The first-order chi connectivity index (χ1) is 23.9. The van der Waals surface area contributed by atoms with Gasteiger partial charge in [0, 0.05) is 59.4 Å². The molecule has 3 heterocycles. The van der Waals surface area contributed by atoms with E-state index in [-0.39, 0.29) is 42.4 Å². The van der Waals surface area contributed by atoms with Crippen LogP contribution < -0.4 is 4.74 Å². The number of carbonyl (C=O) groups is 3. The van der Waals surface area contributed by atoms with Crippen molar-refractivity contribution in [2.75, 3.05) is 20.2 Å². The Bertz CT molecular complexity index is 2010. The van der Waals surface area contributed by atoms with Crippen LogP contribution in [0.2, 0.25) is 0 Å². The maximum atomic E-state index is 15.2. The summed E-state index contributed by atoms with van der Waals surface area (Å²) in [6, 6.07) is 23.8. The van der Waals surface area contributed by atoms with Crippen molar-refractivity contribution in [2.24, 2.45) is 11.8 Å². The zero-order valence-corrected chi connectivity index (χ0v) is 29.2. The van der Waals surface area contributed by atoms with Gasteiger partial charge in [0.25, 0.3) is 0 Å². The van der Waals surface area contributed by atoms with E-state index in [0.29, 0.717) is 28.2 Å². The second-order valence-corrected chi connectivity index (χ2v) is 14.7. The van der Waals surface area contributed by atoms with Crippen LogP contribution in [-0.4, -0.2) is 57.8 Å². The number of rotatable bonds is 11. The van der Waals surface area contributed by atoms with Crippen LogP contribution >= 0.6 is 11.3 Å². The molecule has 0 bridgehead atoms. The van der Waals surface area contributed by atoms with E-state index in [0.717, 1.165) is 32.9 Å². The second kappa shape index (κ2) is 14.3. The summed E-state index contributed by atoms with van der Waals surface area (Å²) in [5.74, 6) is -1.64. The highest BCUT2D eigenvalue weighted by molar-refractivity contribution is 7.14. The molecule has 0 aliphatic carbocycles. The molecule has 1 fully saturated rings. The summed E-state index contributed by atoms with van der Waals surface area (Å²) < 4.78 is 20.4. The zero-order chi connectivity index (χ0) is 35.6. The molecule has 1 aliphatic heterocycles. The van der Waals surface area contributed by atoms with Gasteiger partial charge in [-0.15, -0.1) is 11.3 Å². The number of ketones is 1. The van der Waals surface area contributed by atoms with Gasteiger partial charge in [-0.2, -0.15) is 0 Å². The Labute approximate surface area is 294 Å². The number of aromatic nitrogens is 2. The summed E-state index contributed by atoms with van der Waals surface area (Å²) >= 11 is 1.45. The average Bonchev–Trinajstić information content (AvgIpc) is 3.60. The van der Waals surface area contributed by atoms with E-state index in [1.54, 1.807) is 25.6 Å². The minimum atomic E-state index is -0.923. The molecule has 1 N–H and O–H groups in total. The first-order valence-corrected chi connectivity index (χ1v) is 17.2. The molecule has 256 valence electrons. The van der Waals surface area contributed by atoms with Gasteiger partial charge in [-0.05, 0) is 58.9 Å². The lowest BCUT2D eigenvalue weighted by Gasteiger charge is -2.38. The van der Waals surface area contributed by atoms with Crippen LogP contribution in [0.15, 0.2) is 91.3 Å². The topological polar surface area (TPSA) is 110 Å². The smallest absolute Gasteiger partial charge is 0.310 e. The summed E-state index contributed by atoms with van der Waals surface area (Å²) in [7, 11) is 1.60. The van der Waals surface area contributed by atoms with Gasteiger partial charge in [0.1, 0.15) is 11.6 Å². The molecule has 10 heteroatoms. The highest BCUT2D eigenvalue weighted by atomic mass is 32.1. The second-order valence-electron chi connectivity index (χ2n) is 13.6. The molecule has 2 aromatic heterocycles. The lowest BCUT2D eigenvalue weighted by molar-refractivity contribution is -0.154. The lowest BCUT2D eigenvalue weighted by Crippen LogP contribution is -2.55. The molecule has 1 saturated heterocycles. The number of nitrogens with zero attached hydrogens (tertiary/aromatic N) is 3. The summed E-state index contributed by atoms with van der Waals surface area (Å²) in [4.78, 5) is 50.5. The third-order valence-electron chi connectivity index (χ3n) is 8.99. The quantitative estimate of drug-likeness (QED) is 0.140. The normalized spacial score (nSPS) is 13.8. The SMILES string of the molecule is COc1ccc(-c2ccc(-c3cnc(-c4ccc(C[C@H](CC(=O)c5ccc(C(C)(C)C)s5)C(=O)N5CC(C(=O)O)C5)cc4)nc3)c(F)c2)cc1. The molecule has 0 spiro atoms. The van der Waals surface area contributed by atoms with Crippen LogP contribution in [0.4, 0.5) is 4.39 Å². The summed E-state index contributed by atoms with van der Waals surface area (Å²) in [6.45, 7) is 6.57. The first-order valence-electron chi connectivity index (χ1n) is 16.4. The fraction of sp³-hybridized carbons (Fsp3) is 0.275. The molecule has 3 aromatic carbocycles. The summed E-state index contributed by atoms with van der Waals surface area (Å²) in [5.41, 5.74) is 4.07. The third-order valence-corrected chi connectivity index (χ3v) is 10.5. The fourth-order valence-corrected chi connectivity index (χ4v) is 6.95. The van der Waals surface area contributed by atoms with Crippen LogP contribution in [-0.2, 0) is 21.4 Å². The Morgan fingerprint density at radius 3 is 2.12 bits per heavy atom. The molecule has 50 heavy (non-hydrogen) atoms. The molecule has 6 rings (SSSR count). The highest BCUT2D eigenvalue weighted by Gasteiger charge is 2.39. The van der Waals surface area contributed by atoms with E-state index >= 15 is 4.39 Å². The van der Waals surface area contributed by atoms with Gasteiger partial charge in [0.05, 0.1) is 17.9 Å². The van der Waals surface area contributed by atoms with Gasteiger partial charge in [-0.1, -0.05) is 69.3 Å². The van der Waals surface area contributed by atoms with Crippen molar-refractivity contribution in [3.63, 3.8) is 0 Å². The zero-order valence-electron chi connectivity index (χ0n) is 28.4. The van der Waals surface area contributed by atoms with Crippen LogP contribution in [0.5, 0.6) is 5.75 Å². The van der Waals surface area contributed by atoms with Crippen molar-refractivity contribution in [1.29, 1.82) is 0 Å². The molecule has 0 unspecified atom stereocenters. The minimum absolute atomic E-state index is 0.0289.